The number of fused-ring (bicyclic) bond motifs is 1. The lowest BCUT2D eigenvalue weighted by atomic mass is 10.0. The fourth-order valence-corrected chi connectivity index (χ4v) is 3.56. The zero-order valence-corrected chi connectivity index (χ0v) is 14.8. The molecule has 4 heterocycles. The van der Waals surface area contributed by atoms with E-state index in [4.69, 9.17) is 0 Å². The van der Waals surface area contributed by atoms with Crippen molar-refractivity contribution in [2.75, 3.05) is 37.6 Å². The Balaban J connectivity index is 1.37. The third kappa shape index (κ3) is 3.61. The van der Waals surface area contributed by atoms with Crippen LogP contribution in [-0.2, 0) is 22.6 Å². The van der Waals surface area contributed by atoms with E-state index in [9.17, 15) is 14.7 Å². The molecule has 27 heavy (non-hydrogen) atoms. The highest BCUT2D eigenvalue weighted by Gasteiger charge is 2.36. The van der Waals surface area contributed by atoms with Crippen LogP contribution in [0.4, 0.5) is 5.95 Å². The molecule has 10 heteroatoms. The van der Waals surface area contributed by atoms with Crippen LogP contribution in [0.1, 0.15) is 11.4 Å². The van der Waals surface area contributed by atoms with Gasteiger partial charge in [0.25, 0.3) is 0 Å². The first-order chi connectivity index (χ1) is 13.1. The largest absolute Gasteiger partial charge is 0.480 e. The van der Waals surface area contributed by atoms with Crippen LogP contribution < -0.4 is 4.90 Å². The van der Waals surface area contributed by atoms with Gasteiger partial charge in [0.05, 0.1) is 30.8 Å². The first-order valence-electron chi connectivity index (χ1n) is 8.89. The Morgan fingerprint density at radius 2 is 1.89 bits per heavy atom. The highest BCUT2D eigenvalue weighted by molar-refractivity contribution is 5.85. The van der Waals surface area contributed by atoms with Crippen LogP contribution >= 0.6 is 0 Å². The summed E-state index contributed by atoms with van der Waals surface area (Å²) in [4.78, 5) is 45.7. The van der Waals surface area contributed by atoms with E-state index in [0.717, 1.165) is 24.5 Å². The number of carbonyl (C=O) groups is 2. The fourth-order valence-electron chi connectivity index (χ4n) is 3.56. The SMILES string of the molecule is O=C(O)C1Cc2nc[nH]c2CN1C(=O)CN1CCN(c2ncccn2)CC1. The van der Waals surface area contributed by atoms with Crippen molar-refractivity contribution in [2.24, 2.45) is 0 Å². The zero-order chi connectivity index (χ0) is 18.8. The highest BCUT2D eigenvalue weighted by Crippen LogP contribution is 2.21. The maximum Gasteiger partial charge on any atom is 0.326 e. The summed E-state index contributed by atoms with van der Waals surface area (Å²) in [6.45, 7) is 3.31. The van der Waals surface area contributed by atoms with Crippen molar-refractivity contribution in [3.8, 4) is 0 Å². The number of carbonyl (C=O) groups excluding carboxylic acids is 1. The predicted octanol–water partition coefficient (Wildman–Crippen LogP) is -0.640. The molecule has 0 aliphatic carbocycles. The lowest BCUT2D eigenvalue weighted by Gasteiger charge is -2.37. The average molecular weight is 371 g/mol. The van der Waals surface area contributed by atoms with Gasteiger partial charge >= 0.3 is 5.97 Å². The van der Waals surface area contributed by atoms with Crippen LogP contribution in [0, 0.1) is 0 Å². The number of aromatic nitrogens is 4. The summed E-state index contributed by atoms with van der Waals surface area (Å²) in [6.07, 6.45) is 5.20. The fraction of sp³-hybridized carbons (Fsp3) is 0.471. The molecule has 1 atom stereocenters. The third-order valence-electron chi connectivity index (χ3n) is 5.07. The van der Waals surface area contributed by atoms with E-state index in [0.29, 0.717) is 19.0 Å². The first-order valence-corrected chi connectivity index (χ1v) is 8.89. The maximum absolute atomic E-state index is 12.8. The molecule has 0 aromatic carbocycles. The molecule has 2 aromatic heterocycles. The van der Waals surface area contributed by atoms with Crippen molar-refractivity contribution in [3.05, 3.63) is 36.2 Å². The van der Waals surface area contributed by atoms with Crippen LogP contribution in [-0.4, -0.2) is 85.5 Å². The number of hydrogen-bond acceptors (Lipinski definition) is 7. The van der Waals surface area contributed by atoms with Crippen LogP contribution in [0.5, 0.6) is 0 Å². The Morgan fingerprint density at radius 1 is 1.15 bits per heavy atom. The number of amides is 1. The molecule has 0 radical (unpaired) electrons. The Labute approximate surface area is 155 Å². The average Bonchev–Trinajstić information content (AvgIpc) is 3.16. The number of hydrogen-bond donors (Lipinski definition) is 2. The van der Waals surface area contributed by atoms with Gasteiger partial charge in [0.2, 0.25) is 11.9 Å². The number of aromatic amines is 1. The standard InChI is InChI=1S/C17H21N7O3/c25-15(24-9-13-12(20-11-21-13)8-14(24)16(26)27)10-22-4-6-23(7-5-22)17-18-2-1-3-19-17/h1-3,11,14H,4-10H2,(H,20,21)(H,26,27). The van der Waals surface area contributed by atoms with Gasteiger partial charge in [0.15, 0.2) is 0 Å². The van der Waals surface area contributed by atoms with Gasteiger partial charge in [-0.15, -0.1) is 0 Å². The Bertz CT molecular complexity index is 817. The highest BCUT2D eigenvalue weighted by atomic mass is 16.4. The predicted molar refractivity (Wildman–Crippen MR) is 95.0 cm³/mol. The van der Waals surface area contributed by atoms with E-state index in [1.807, 2.05) is 4.90 Å². The van der Waals surface area contributed by atoms with Gasteiger partial charge in [-0.2, -0.15) is 0 Å². The number of carboxylic acid groups (broad SMARTS) is 1. The monoisotopic (exact) mass is 371 g/mol. The number of nitrogens with one attached hydrogen (secondary N) is 1. The van der Waals surface area contributed by atoms with Crippen molar-refractivity contribution in [1.29, 1.82) is 0 Å². The second kappa shape index (κ2) is 7.31. The molecule has 1 fully saturated rings. The van der Waals surface area contributed by atoms with Crippen LogP contribution in [0.25, 0.3) is 0 Å². The van der Waals surface area contributed by atoms with E-state index in [1.54, 1.807) is 24.8 Å². The van der Waals surface area contributed by atoms with Gasteiger partial charge < -0.3 is 19.9 Å². The Kier molecular flexibility index (Phi) is 4.71. The van der Waals surface area contributed by atoms with Crippen LogP contribution in [0.3, 0.4) is 0 Å². The van der Waals surface area contributed by atoms with Gasteiger partial charge in [-0.25, -0.2) is 19.7 Å². The molecule has 142 valence electrons. The van der Waals surface area contributed by atoms with Crippen LogP contribution in [0.15, 0.2) is 24.8 Å². The second-order valence-electron chi connectivity index (χ2n) is 6.72. The first kappa shape index (κ1) is 17.4. The summed E-state index contributed by atoms with van der Waals surface area (Å²) in [5, 5.41) is 9.52. The van der Waals surface area contributed by atoms with Gasteiger partial charge in [0.1, 0.15) is 6.04 Å². The molecule has 10 nitrogen and oxygen atoms in total. The lowest BCUT2D eigenvalue weighted by Crippen LogP contribution is -2.54. The van der Waals surface area contributed by atoms with Crippen molar-refractivity contribution in [2.45, 2.75) is 19.0 Å². The number of aliphatic carboxylic acids is 1. The molecular formula is C17H21N7O3. The van der Waals surface area contributed by atoms with E-state index < -0.39 is 12.0 Å². The van der Waals surface area contributed by atoms with E-state index in [-0.39, 0.29) is 25.4 Å². The van der Waals surface area contributed by atoms with E-state index in [1.165, 1.54) is 4.90 Å². The number of H-pyrrole nitrogens is 1. The van der Waals surface area contributed by atoms with Gasteiger partial charge in [-0.1, -0.05) is 0 Å². The molecule has 2 aliphatic rings. The van der Waals surface area contributed by atoms with Gasteiger partial charge in [0, 0.05) is 45.0 Å². The number of piperazine rings is 1. The number of carboxylic acids is 1. The molecular weight excluding hydrogens is 350 g/mol. The zero-order valence-electron chi connectivity index (χ0n) is 14.8. The number of anilines is 1. The summed E-state index contributed by atoms with van der Waals surface area (Å²) >= 11 is 0. The molecule has 2 aliphatic heterocycles. The molecule has 1 amide bonds. The molecule has 1 unspecified atom stereocenters. The van der Waals surface area contributed by atoms with Crippen molar-refractivity contribution >= 4 is 17.8 Å². The molecule has 1 saturated heterocycles. The Morgan fingerprint density at radius 3 is 2.59 bits per heavy atom. The topological polar surface area (TPSA) is 119 Å². The molecule has 0 spiro atoms. The van der Waals surface area contributed by atoms with Crippen molar-refractivity contribution < 1.29 is 14.7 Å². The molecule has 2 N–H and O–H groups in total. The minimum Gasteiger partial charge on any atom is -0.480 e. The van der Waals surface area contributed by atoms with Gasteiger partial charge in [-0.05, 0) is 6.07 Å². The number of imidazole rings is 1. The number of rotatable bonds is 4. The van der Waals surface area contributed by atoms with Crippen LogP contribution in [0.2, 0.25) is 0 Å². The summed E-state index contributed by atoms with van der Waals surface area (Å²) in [6, 6.07) is 0.911. The van der Waals surface area contributed by atoms with E-state index in [2.05, 4.69) is 24.8 Å². The summed E-state index contributed by atoms with van der Waals surface area (Å²) in [5.74, 6) is -0.479. The Hall–Kier alpha value is -3.01. The number of nitrogens with zero attached hydrogens (tertiary/aromatic N) is 6. The minimum atomic E-state index is -0.997. The normalized spacial score (nSPS) is 20.4. The minimum absolute atomic E-state index is 0.174. The smallest absolute Gasteiger partial charge is 0.326 e. The maximum atomic E-state index is 12.8. The quantitative estimate of drug-likeness (QED) is 0.729. The third-order valence-corrected chi connectivity index (χ3v) is 5.07. The van der Waals surface area contributed by atoms with Gasteiger partial charge in [-0.3, -0.25) is 9.69 Å². The molecule has 4 rings (SSSR count). The van der Waals surface area contributed by atoms with Crippen molar-refractivity contribution in [3.63, 3.8) is 0 Å². The summed E-state index contributed by atoms with van der Waals surface area (Å²) in [7, 11) is 0. The molecule has 0 bridgehead atoms. The van der Waals surface area contributed by atoms with E-state index >= 15 is 0 Å². The lowest BCUT2D eigenvalue weighted by molar-refractivity contribution is -0.152. The summed E-state index contributed by atoms with van der Waals surface area (Å²) < 4.78 is 0. The van der Waals surface area contributed by atoms with Crippen molar-refractivity contribution in [1.82, 2.24) is 29.7 Å². The summed E-state index contributed by atoms with van der Waals surface area (Å²) in [5.41, 5.74) is 1.54. The molecule has 2 aromatic rings. The second-order valence-corrected chi connectivity index (χ2v) is 6.72. The molecule has 0 saturated carbocycles.